The summed E-state index contributed by atoms with van der Waals surface area (Å²) >= 11 is 1.17. The predicted molar refractivity (Wildman–Crippen MR) is 52.8 cm³/mol. The van der Waals surface area contributed by atoms with Gasteiger partial charge in [0.15, 0.2) is 5.82 Å². The van der Waals surface area contributed by atoms with Crippen molar-refractivity contribution in [1.82, 2.24) is 0 Å². The van der Waals surface area contributed by atoms with E-state index < -0.39 is 16.4 Å². The molecule has 0 saturated heterocycles. The van der Waals surface area contributed by atoms with Crippen LogP contribution in [0.2, 0.25) is 0 Å². The van der Waals surface area contributed by atoms with Gasteiger partial charge in [0.25, 0.3) is 5.69 Å². The largest absolute Gasteiger partial charge is 0.391 e. The lowest BCUT2D eigenvalue weighted by Gasteiger charge is -1.99. The lowest BCUT2D eigenvalue weighted by atomic mass is 10.2. The zero-order chi connectivity index (χ0) is 10.3. The van der Waals surface area contributed by atoms with Crippen LogP contribution >= 0.6 is 11.3 Å². The van der Waals surface area contributed by atoms with E-state index in [4.69, 9.17) is 5.73 Å². The highest BCUT2D eigenvalue weighted by Gasteiger charge is 2.19. The number of rotatable bonds is 1. The summed E-state index contributed by atoms with van der Waals surface area (Å²) in [4.78, 5) is 9.82. The van der Waals surface area contributed by atoms with Crippen LogP contribution in [0.4, 0.5) is 15.8 Å². The average Bonchev–Trinajstić information content (AvgIpc) is 2.58. The minimum Gasteiger partial charge on any atom is -0.391 e. The van der Waals surface area contributed by atoms with Gasteiger partial charge in [-0.25, -0.2) is 4.39 Å². The van der Waals surface area contributed by atoms with Gasteiger partial charge < -0.3 is 5.73 Å². The Balaban J connectivity index is 2.87. The van der Waals surface area contributed by atoms with E-state index in [2.05, 4.69) is 0 Å². The molecule has 0 atom stereocenters. The number of nitrogen functional groups attached to an aromatic ring is 1. The van der Waals surface area contributed by atoms with E-state index in [1.165, 1.54) is 17.4 Å². The SMILES string of the molecule is Nc1c([N+](=O)[O-])cc2ccsc2c1F. The minimum absolute atomic E-state index is 0.355. The summed E-state index contributed by atoms with van der Waals surface area (Å²) in [6.45, 7) is 0. The highest BCUT2D eigenvalue weighted by atomic mass is 32.1. The quantitative estimate of drug-likeness (QED) is 0.448. The molecule has 4 nitrogen and oxygen atoms in total. The van der Waals surface area contributed by atoms with Crippen molar-refractivity contribution < 1.29 is 9.31 Å². The van der Waals surface area contributed by atoms with Crippen molar-refractivity contribution in [3.8, 4) is 0 Å². The fourth-order valence-corrected chi connectivity index (χ4v) is 2.05. The molecular weight excluding hydrogens is 207 g/mol. The van der Waals surface area contributed by atoms with E-state index >= 15 is 0 Å². The highest BCUT2D eigenvalue weighted by Crippen LogP contribution is 2.34. The number of benzene rings is 1. The molecule has 2 rings (SSSR count). The Kier molecular flexibility index (Phi) is 1.85. The molecule has 0 fully saturated rings. The molecule has 0 radical (unpaired) electrons. The molecule has 0 aliphatic carbocycles. The van der Waals surface area contributed by atoms with E-state index in [1.54, 1.807) is 11.4 Å². The molecule has 0 aliphatic heterocycles. The maximum Gasteiger partial charge on any atom is 0.295 e. The van der Waals surface area contributed by atoms with Gasteiger partial charge in [-0.15, -0.1) is 11.3 Å². The van der Waals surface area contributed by atoms with Gasteiger partial charge in [0.2, 0.25) is 0 Å². The number of hydrogen-bond donors (Lipinski definition) is 1. The molecule has 0 saturated carbocycles. The third-order valence-corrected chi connectivity index (χ3v) is 2.82. The van der Waals surface area contributed by atoms with Crippen LogP contribution in [0.15, 0.2) is 17.5 Å². The van der Waals surface area contributed by atoms with Crippen LogP contribution in [0.5, 0.6) is 0 Å². The molecule has 1 heterocycles. The van der Waals surface area contributed by atoms with Gasteiger partial charge in [-0.2, -0.15) is 0 Å². The number of nitrogens with two attached hydrogens (primary N) is 1. The number of halogens is 1. The van der Waals surface area contributed by atoms with Crippen molar-refractivity contribution in [2.45, 2.75) is 0 Å². The zero-order valence-corrected chi connectivity index (χ0v) is 7.68. The number of nitro groups is 1. The lowest BCUT2D eigenvalue weighted by Crippen LogP contribution is -1.98. The second kappa shape index (κ2) is 2.91. The minimum atomic E-state index is -0.704. The Morgan fingerprint density at radius 1 is 1.57 bits per heavy atom. The molecule has 0 spiro atoms. The van der Waals surface area contributed by atoms with E-state index in [0.717, 1.165) is 0 Å². The molecule has 1 aromatic heterocycles. The smallest absolute Gasteiger partial charge is 0.295 e. The van der Waals surface area contributed by atoms with Crippen molar-refractivity contribution in [1.29, 1.82) is 0 Å². The van der Waals surface area contributed by atoms with Gasteiger partial charge in [-0.1, -0.05) is 0 Å². The molecule has 0 unspecified atom stereocenters. The predicted octanol–water partition coefficient (Wildman–Crippen LogP) is 2.53. The molecule has 6 heteroatoms. The van der Waals surface area contributed by atoms with Crippen LogP contribution in [0.1, 0.15) is 0 Å². The van der Waals surface area contributed by atoms with Gasteiger partial charge in [-0.05, 0) is 11.4 Å². The molecule has 2 aromatic rings. The number of anilines is 1. The lowest BCUT2D eigenvalue weighted by molar-refractivity contribution is -0.383. The first-order chi connectivity index (χ1) is 6.61. The zero-order valence-electron chi connectivity index (χ0n) is 6.86. The highest BCUT2D eigenvalue weighted by molar-refractivity contribution is 7.17. The third-order valence-electron chi connectivity index (χ3n) is 1.90. The van der Waals surface area contributed by atoms with E-state index in [9.17, 15) is 14.5 Å². The molecule has 1 aromatic carbocycles. The van der Waals surface area contributed by atoms with Gasteiger partial charge >= 0.3 is 0 Å². The summed E-state index contributed by atoms with van der Waals surface area (Å²) in [6, 6.07) is 2.90. The topological polar surface area (TPSA) is 69.2 Å². The van der Waals surface area contributed by atoms with Crippen LogP contribution in [-0.2, 0) is 0 Å². The molecule has 72 valence electrons. The number of nitro benzene ring substituents is 1. The van der Waals surface area contributed by atoms with Crippen LogP contribution in [0, 0.1) is 15.9 Å². The third kappa shape index (κ3) is 1.12. The van der Waals surface area contributed by atoms with Crippen LogP contribution in [0.3, 0.4) is 0 Å². The standard InChI is InChI=1S/C8H5FN2O2S/c9-6-7(10)5(11(12)13)3-4-1-2-14-8(4)6/h1-3H,10H2. The van der Waals surface area contributed by atoms with Crippen molar-refractivity contribution in [2.75, 3.05) is 5.73 Å². The summed E-state index contributed by atoms with van der Waals surface area (Å²) < 4.78 is 13.8. The summed E-state index contributed by atoms with van der Waals surface area (Å²) in [6.07, 6.45) is 0. The van der Waals surface area contributed by atoms with Gasteiger partial charge in [0, 0.05) is 11.5 Å². The van der Waals surface area contributed by atoms with Crippen molar-refractivity contribution in [2.24, 2.45) is 0 Å². The number of fused-ring (bicyclic) bond motifs is 1. The normalized spacial score (nSPS) is 10.6. The second-order valence-corrected chi connectivity index (χ2v) is 3.64. The van der Waals surface area contributed by atoms with Crippen molar-refractivity contribution in [3.05, 3.63) is 33.4 Å². The molecule has 14 heavy (non-hydrogen) atoms. The Morgan fingerprint density at radius 2 is 2.29 bits per heavy atom. The Hall–Kier alpha value is -1.69. The fourth-order valence-electron chi connectivity index (χ4n) is 1.22. The van der Waals surface area contributed by atoms with E-state index in [0.29, 0.717) is 10.1 Å². The Morgan fingerprint density at radius 3 is 2.93 bits per heavy atom. The van der Waals surface area contributed by atoms with Gasteiger partial charge in [-0.3, -0.25) is 10.1 Å². The first-order valence-corrected chi connectivity index (χ1v) is 4.59. The first-order valence-electron chi connectivity index (χ1n) is 3.71. The summed E-state index contributed by atoms with van der Waals surface area (Å²) in [5, 5.41) is 12.7. The molecule has 2 N–H and O–H groups in total. The van der Waals surface area contributed by atoms with E-state index in [-0.39, 0.29) is 5.69 Å². The molecule has 0 aliphatic rings. The molecule has 0 bridgehead atoms. The first kappa shape index (κ1) is 8.89. The number of nitrogens with zero attached hydrogens (tertiary/aromatic N) is 1. The van der Waals surface area contributed by atoms with Crippen LogP contribution in [0.25, 0.3) is 10.1 Å². The monoisotopic (exact) mass is 212 g/mol. The van der Waals surface area contributed by atoms with E-state index in [1.807, 2.05) is 0 Å². The Labute approximate surface area is 81.9 Å². The van der Waals surface area contributed by atoms with Gasteiger partial charge in [0.05, 0.1) is 9.62 Å². The van der Waals surface area contributed by atoms with Crippen LogP contribution < -0.4 is 5.73 Å². The van der Waals surface area contributed by atoms with Crippen molar-refractivity contribution >= 4 is 32.8 Å². The summed E-state index contributed by atoms with van der Waals surface area (Å²) in [5.41, 5.74) is 4.52. The fraction of sp³-hybridized carbons (Fsp3) is 0. The maximum atomic E-state index is 13.4. The maximum absolute atomic E-state index is 13.4. The average molecular weight is 212 g/mol. The van der Waals surface area contributed by atoms with Gasteiger partial charge in [0.1, 0.15) is 5.69 Å². The summed E-state index contributed by atoms with van der Waals surface area (Å²) in [5.74, 6) is -0.704. The second-order valence-electron chi connectivity index (χ2n) is 2.72. The van der Waals surface area contributed by atoms with Crippen molar-refractivity contribution in [3.63, 3.8) is 0 Å². The molecular formula is C8H5FN2O2S. The Bertz CT molecular complexity index is 523. The summed E-state index contributed by atoms with van der Waals surface area (Å²) in [7, 11) is 0. The number of hydrogen-bond acceptors (Lipinski definition) is 4. The molecule has 0 amide bonds. The number of thiophene rings is 1. The van der Waals surface area contributed by atoms with Crippen LogP contribution in [-0.4, -0.2) is 4.92 Å².